The number of carbonyl (C=O) groups excluding carboxylic acids is 2. The molecule has 11 atom stereocenters. The molecule has 7 N–H and O–H groups in total. The second kappa shape index (κ2) is 8.31. The van der Waals surface area contributed by atoms with Crippen LogP contribution in [0.2, 0.25) is 0 Å². The van der Waals surface area contributed by atoms with Crippen molar-refractivity contribution in [1.29, 1.82) is 0 Å². The van der Waals surface area contributed by atoms with Crippen LogP contribution in [0.15, 0.2) is 11.1 Å². The normalized spacial score (nSPS) is 52.6. The SMILES string of the molecule is CC1=C(CO)C(=O)O[C@H]([C@](C)(O)[C@]2(O)C[C@H](O)[C@@]3(O)[C@@H]4C[C@@H](O)[C@@]5(O)CCCC(=O)[C@]5(C)[C@H]4CC[C@@]32C)C1. The van der Waals surface area contributed by atoms with Crippen molar-refractivity contribution in [3.8, 4) is 0 Å². The standard InChI is InChI=1S/C28H42O10/c1-14-10-21(38-22(33)15(14)13-29)25(4,34)27(36)12-20(32)28(37)17-11-19(31)26(35)8-5-6-18(30)24(26,3)16(17)7-9-23(27,28)2/h16-17,19-21,29,31-32,34-37H,5-13H2,1-4H3/t16-,17+,19+,20-,21-,23+,24-,25-,26-,27-,28-/m0/s1. The number of aliphatic hydroxyl groups is 7. The van der Waals surface area contributed by atoms with Crippen LogP contribution in [0.3, 0.4) is 0 Å². The Morgan fingerprint density at radius 2 is 1.71 bits per heavy atom. The molecule has 38 heavy (non-hydrogen) atoms. The third-order valence-electron chi connectivity index (χ3n) is 12.1. The Kier molecular flexibility index (Phi) is 6.16. The lowest BCUT2D eigenvalue weighted by Crippen LogP contribution is -2.77. The topological polar surface area (TPSA) is 185 Å². The molecule has 0 aromatic heterocycles. The molecule has 0 unspecified atom stereocenters. The molecule has 0 radical (unpaired) electrons. The number of hydrogen-bond acceptors (Lipinski definition) is 10. The number of cyclic esters (lactones) is 1. The highest BCUT2D eigenvalue weighted by atomic mass is 16.6. The van der Waals surface area contributed by atoms with Gasteiger partial charge in [0.2, 0.25) is 0 Å². The number of Topliss-reactive ketones (excluding diaryl/α,β-unsaturated/α-hetero) is 1. The van der Waals surface area contributed by atoms with Crippen LogP contribution in [0.25, 0.3) is 0 Å². The van der Waals surface area contributed by atoms with E-state index in [0.29, 0.717) is 18.4 Å². The van der Waals surface area contributed by atoms with E-state index in [9.17, 15) is 45.3 Å². The van der Waals surface area contributed by atoms with E-state index >= 15 is 0 Å². The molecule has 0 aromatic carbocycles. The van der Waals surface area contributed by atoms with Gasteiger partial charge in [0.05, 0.1) is 29.8 Å². The van der Waals surface area contributed by atoms with Crippen LogP contribution in [-0.4, -0.2) is 94.8 Å². The van der Waals surface area contributed by atoms with Gasteiger partial charge < -0.3 is 40.5 Å². The van der Waals surface area contributed by atoms with Crippen molar-refractivity contribution in [2.75, 3.05) is 6.61 Å². The summed E-state index contributed by atoms with van der Waals surface area (Å²) in [6, 6.07) is 0. The minimum Gasteiger partial charge on any atom is -0.455 e. The maximum Gasteiger partial charge on any atom is 0.336 e. The first-order chi connectivity index (χ1) is 17.5. The second-order valence-electron chi connectivity index (χ2n) is 13.3. The van der Waals surface area contributed by atoms with Crippen molar-refractivity contribution in [3.05, 3.63) is 11.1 Å². The number of ether oxygens (including phenoxy) is 1. The number of fused-ring (bicyclic) bond motifs is 5. The number of ketones is 1. The van der Waals surface area contributed by atoms with Crippen molar-refractivity contribution in [2.24, 2.45) is 22.7 Å². The molecular weight excluding hydrogens is 496 g/mol. The minimum atomic E-state index is -2.13. The zero-order valence-electron chi connectivity index (χ0n) is 22.6. The maximum absolute atomic E-state index is 13.3. The fourth-order valence-electron chi connectivity index (χ4n) is 9.53. The molecule has 0 amide bonds. The summed E-state index contributed by atoms with van der Waals surface area (Å²) in [5.41, 5.74) is -10.2. The zero-order valence-corrected chi connectivity index (χ0v) is 22.6. The number of aliphatic hydroxyl groups excluding tert-OH is 3. The van der Waals surface area contributed by atoms with E-state index in [1.165, 1.54) is 6.92 Å². The van der Waals surface area contributed by atoms with Crippen molar-refractivity contribution in [1.82, 2.24) is 0 Å². The quantitative estimate of drug-likeness (QED) is 0.239. The monoisotopic (exact) mass is 538 g/mol. The van der Waals surface area contributed by atoms with Crippen LogP contribution in [-0.2, 0) is 14.3 Å². The summed E-state index contributed by atoms with van der Waals surface area (Å²) in [6.07, 6.45) is -3.13. The van der Waals surface area contributed by atoms with Crippen LogP contribution in [0.5, 0.6) is 0 Å². The van der Waals surface area contributed by atoms with E-state index in [2.05, 4.69) is 0 Å². The summed E-state index contributed by atoms with van der Waals surface area (Å²) < 4.78 is 5.49. The lowest BCUT2D eigenvalue weighted by Gasteiger charge is -2.67. The van der Waals surface area contributed by atoms with Gasteiger partial charge in [0, 0.05) is 24.7 Å². The average Bonchev–Trinajstić information content (AvgIpc) is 3.00. The molecule has 5 aliphatic rings. The summed E-state index contributed by atoms with van der Waals surface area (Å²) in [6.45, 7) is 5.70. The predicted molar refractivity (Wildman–Crippen MR) is 132 cm³/mol. The highest BCUT2D eigenvalue weighted by molar-refractivity contribution is 5.90. The predicted octanol–water partition coefficient (Wildman–Crippen LogP) is -0.124. The van der Waals surface area contributed by atoms with Gasteiger partial charge >= 0.3 is 5.97 Å². The lowest BCUT2D eigenvalue weighted by molar-refractivity contribution is -0.310. The van der Waals surface area contributed by atoms with Gasteiger partial charge in [-0.15, -0.1) is 0 Å². The van der Waals surface area contributed by atoms with Crippen LogP contribution >= 0.6 is 0 Å². The highest BCUT2D eigenvalue weighted by Gasteiger charge is 2.81. The third-order valence-corrected chi connectivity index (χ3v) is 12.1. The Morgan fingerprint density at radius 3 is 2.32 bits per heavy atom. The smallest absolute Gasteiger partial charge is 0.336 e. The van der Waals surface area contributed by atoms with Gasteiger partial charge in [-0.3, -0.25) is 4.79 Å². The first-order valence-corrected chi connectivity index (χ1v) is 13.8. The molecule has 214 valence electrons. The Balaban J connectivity index is 1.57. The summed E-state index contributed by atoms with van der Waals surface area (Å²) in [4.78, 5) is 25.9. The molecule has 0 bridgehead atoms. The van der Waals surface area contributed by atoms with Gasteiger partial charge in [-0.25, -0.2) is 4.79 Å². The molecule has 10 heteroatoms. The van der Waals surface area contributed by atoms with E-state index in [0.717, 1.165) is 0 Å². The number of rotatable bonds is 3. The van der Waals surface area contributed by atoms with Crippen LogP contribution in [0, 0.1) is 22.7 Å². The van der Waals surface area contributed by atoms with Gasteiger partial charge in [0.15, 0.2) is 0 Å². The third kappa shape index (κ3) is 2.97. The Hall–Kier alpha value is -1.40. The molecule has 0 spiro atoms. The fraction of sp³-hybridized carbons (Fsp3) is 0.857. The molecule has 4 saturated carbocycles. The lowest BCUT2D eigenvalue weighted by atomic mass is 9.40. The Labute approximate surface area is 222 Å². The number of carbonyl (C=O) groups is 2. The fourth-order valence-corrected chi connectivity index (χ4v) is 9.53. The average molecular weight is 539 g/mol. The molecule has 10 nitrogen and oxygen atoms in total. The Morgan fingerprint density at radius 1 is 1.05 bits per heavy atom. The van der Waals surface area contributed by atoms with Gasteiger partial charge in [-0.2, -0.15) is 0 Å². The van der Waals surface area contributed by atoms with Gasteiger partial charge in [0.25, 0.3) is 0 Å². The summed E-state index contributed by atoms with van der Waals surface area (Å²) in [5, 5.41) is 80.4. The van der Waals surface area contributed by atoms with E-state index in [1.807, 2.05) is 0 Å². The largest absolute Gasteiger partial charge is 0.455 e. The van der Waals surface area contributed by atoms with E-state index in [1.54, 1.807) is 20.8 Å². The maximum atomic E-state index is 13.3. The van der Waals surface area contributed by atoms with E-state index in [-0.39, 0.29) is 43.5 Å². The highest BCUT2D eigenvalue weighted by Crippen LogP contribution is 2.71. The van der Waals surface area contributed by atoms with Crippen LogP contribution < -0.4 is 0 Å². The molecule has 4 aliphatic carbocycles. The summed E-state index contributed by atoms with van der Waals surface area (Å²) >= 11 is 0. The van der Waals surface area contributed by atoms with E-state index in [4.69, 9.17) is 4.74 Å². The van der Waals surface area contributed by atoms with Crippen molar-refractivity contribution in [3.63, 3.8) is 0 Å². The van der Waals surface area contributed by atoms with Crippen molar-refractivity contribution in [2.45, 2.75) is 120 Å². The molecule has 5 rings (SSSR count). The molecule has 1 aliphatic heterocycles. The molecular formula is C28H42O10. The summed E-state index contributed by atoms with van der Waals surface area (Å²) in [7, 11) is 0. The Bertz CT molecular complexity index is 1090. The van der Waals surface area contributed by atoms with E-state index < -0.39 is 82.4 Å². The first kappa shape index (κ1) is 28.1. The molecule has 0 saturated heterocycles. The molecule has 1 heterocycles. The van der Waals surface area contributed by atoms with Crippen molar-refractivity contribution < 1.29 is 50.1 Å². The van der Waals surface area contributed by atoms with Gasteiger partial charge in [0.1, 0.15) is 34.3 Å². The number of hydrogen-bond donors (Lipinski definition) is 7. The zero-order chi connectivity index (χ0) is 28.3. The van der Waals surface area contributed by atoms with Gasteiger partial charge in [-0.1, -0.05) is 12.5 Å². The van der Waals surface area contributed by atoms with Crippen LogP contribution in [0.1, 0.15) is 79.1 Å². The van der Waals surface area contributed by atoms with Crippen LogP contribution in [0.4, 0.5) is 0 Å². The molecule has 0 aromatic rings. The summed E-state index contributed by atoms with van der Waals surface area (Å²) in [5.74, 6) is -2.39. The minimum absolute atomic E-state index is 0.0475. The second-order valence-corrected chi connectivity index (χ2v) is 13.3. The van der Waals surface area contributed by atoms with Gasteiger partial charge in [-0.05, 0) is 64.7 Å². The number of esters is 1. The van der Waals surface area contributed by atoms with Crippen molar-refractivity contribution >= 4 is 11.8 Å². The molecule has 4 fully saturated rings. The first-order valence-electron chi connectivity index (χ1n) is 13.8.